The van der Waals surface area contributed by atoms with Crippen molar-refractivity contribution in [2.75, 3.05) is 112 Å². The number of aliphatic hydroxyl groups is 3. The molecule has 12 N–H and O–H groups in total. The molecule has 16 rings (SSSR count). The molecule has 0 aliphatic heterocycles. The van der Waals surface area contributed by atoms with Crippen molar-refractivity contribution in [3.63, 3.8) is 0 Å². The van der Waals surface area contributed by atoms with E-state index in [1.165, 1.54) is 74.3 Å². The molecular formula is C86H91BrN18O12S10. The van der Waals surface area contributed by atoms with Crippen molar-refractivity contribution >= 4 is 267 Å². The number of H-pyrrole nitrogens is 2. The van der Waals surface area contributed by atoms with E-state index in [9.17, 15) is 29.7 Å². The monoisotopic (exact) mass is 1970 g/mol. The van der Waals surface area contributed by atoms with E-state index in [1.54, 1.807) is 133 Å². The summed E-state index contributed by atoms with van der Waals surface area (Å²) in [6.07, 6.45) is 6.54. The second-order valence-electron chi connectivity index (χ2n) is 29.5. The first-order chi connectivity index (χ1) is 60.9. The Labute approximate surface area is 779 Å². The predicted octanol–water partition coefficient (Wildman–Crippen LogP) is 18.3. The number of esters is 2. The molecule has 14 aromatic heterocycles. The van der Waals surface area contributed by atoms with Gasteiger partial charge in [-0.15, -0.1) is 113 Å². The van der Waals surface area contributed by atoms with Crippen LogP contribution in [0.4, 0.5) is 36.7 Å². The first-order valence-corrected chi connectivity index (χ1v) is 47.9. The quantitative estimate of drug-likeness (QED) is 0.00759. The summed E-state index contributed by atoms with van der Waals surface area (Å²) in [5.41, 5.74) is 21.6. The number of hydrogen-bond donors (Lipinski definition) is 9. The minimum Gasteiger partial charge on any atom is -0.471 e. The molecule has 664 valence electrons. The molecule has 0 spiro atoms. The van der Waals surface area contributed by atoms with Gasteiger partial charge in [-0.3, -0.25) is 4.79 Å². The van der Waals surface area contributed by atoms with Gasteiger partial charge in [0.2, 0.25) is 23.7 Å². The third-order valence-corrected chi connectivity index (χ3v) is 29.4. The molecule has 127 heavy (non-hydrogen) atoms. The van der Waals surface area contributed by atoms with Gasteiger partial charge in [-0.25, -0.2) is 24.4 Å². The number of fused-ring (bicyclic) bond motifs is 7. The van der Waals surface area contributed by atoms with Crippen molar-refractivity contribution in [1.82, 2.24) is 45.2 Å². The molecular weight excluding hydrogens is 1880 g/mol. The van der Waals surface area contributed by atoms with Gasteiger partial charge in [-0.1, -0.05) is 48.5 Å². The van der Waals surface area contributed by atoms with Crippen LogP contribution >= 0.6 is 129 Å². The van der Waals surface area contributed by atoms with Crippen LogP contribution in [0, 0.1) is 22.7 Å². The van der Waals surface area contributed by atoms with Gasteiger partial charge in [0.25, 0.3) is 0 Å². The number of aldehydes is 1. The average Bonchev–Trinajstić information content (AvgIpc) is 1.84. The SMILES string of the molecule is Brc1cc2sccc2s1.CN(CCO)c1cc2sc(/C=C(\C#N)C(=O)OC(C)(C)C)cc2s1.CN(CCO)c1cc2sc(C=O)cc2s1.CN(CCO)c1cc2sccc2s1.CN(CCOC(=O)NCc1ccc(COc2nc(N)nc3nc[nH]c23)cc1)c1cc2sc(/C=C(\C#N)C(=O)OC(C)(C)C)cc2s1.NCc1ccc(COc2nc(N)nc3nc[nH]c23)cc1. The molecule has 41 heteroatoms. The second-order valence-corrected chi connectivity index (χ2v) is 41.5. The van der Waals surface area contributed by atoms with E-state index in [2.05, 4.69) is 113 Å². The lowest BCUT2D eigenvalue weighted by Crippen LogP contribution is -2.28. The first kappa shape index (κ1) is 96.5. The number of aromatic amines is 2. The van der Waals surface area contributed by atoms with Gasteiger partial charge in [0.05, 0.1) is 67.7 Å². The number of hydrogen-bond acceptors (Lipinski definition) is 37. The number of nitriles is 2. The molecule has 14 heterocycles. The van der Waals surface area contributed by atoms with Gasteiger partial charge in [0.15, 0.2) is 17.6 Å². The number of thiophene rings is 10. The number of aliphatic hydroxyl groups excluding tert-OH is 3. The molecule has 0 aliphatic carbocycles. The van der Waals surface area contributed by atoms with Gasteiger partial charge in [0, 0.05) is 118 Å². The Morgan fingerprint density at radius 2 is 0.882 bits per heavy atom. The number of ether oxygens (including phenoxy) is 5. The molecule has 0 atom stereocenters. The van der Waals surface area contributed by atoms with Gasteiger partial charge < -0.3 is 91.1 Å². The maximum absolute atomic E-state index is 12.3. The summed E-state index contributed by atoms with van der Waals surface area (Å²) in [6, 6.07) is 39.9. The molecule has 0 fully saturated rings. The number of halogens is 1. The van der Waals surface area contributed by atoms with Crippen LogP contribution in [0.1, 0.15) is 83.2 Å². The fourth-order valence-corrected chi connectivity index (χ4v) is 23.0. The van der Waals surface area contributed by atoms with Crippen LogP contribution < -0.4 is 51.6 Å². The molecule has 0 saturated carbocycles. The van der Waals surface area contributed by atoms with Crippen molar-refractivity contribution in [2.45, 2.75) is 79.0 Å². The Balaban J connectivity index is 0.000000162. The van der Waals surface area contributed by atoms with Crippen LogP contribution in [0.5, 0.6) is 11.8 Å². The van der Waals surface area contributed by atoms with E-state index < -0.39 is 29.2 Å². The highest BCUT2D eigenvalue weighted by molar-refractivity contribution is 9.11. The number of nitrogens with one attached hydrogen (secondary N) is 3. The zero-order valence-electron chi connectivity index (χ0n) is 70.5. The van der Waals surface area contributed by atoms with Crippen LogP contribution in [0.2, 0.25) is 0 Å². The zero-order chi connectivity index (χ0) is 91.1. The van der Waals surface area contributed by atoms with E-state index >= 15 is 0 Å². The number of nitrogens with two attached hydrogens (primary N) is 3. The number of alkyl carbamates (subject to hydrolysis) is 1. The highest BCUT2D eigenvalue weighted by Gasteiger charge is 2.24. The number of nitrogen functional groups attached to an aromatic ring is 2. The Morgan fingerprint density at radius 3 is 1.28 bits per heavy atom. The summed E-state index contributed by atoms with van der Waals surface area (Å²) in [6.45, 7) is 15.2. The number of likely N-dealkylation sites (N-methyl/N-ethyl adjacent to an activating group) is 4. The van der Waals surface area contributed by atoms with Crippen LogP contribution in [0.25, 0.3) is 81.5 Å². The number of aromatic nitrogens is 8. The fraction of sp³-hybridized carbons (Fsp3) is 0.279. The molecule has 16 aromatic rings. The number of rotatable bonds is 27. The number of nitrogens with zero attached hydrogens (tertiary/aromatic N) is 12. The van der Waals surface area contributed by atoms with Crippen molar-refractivity contribution in [3.05, 3.63) is 184 Å². The lowest BCUT2D eigenvalue weighted by Gasteiger charge is -2.18. The number of benzene rings is 2. The second kappa shape index (κ2) is 45.6. The molecule has 1 amide bonds. The van der Waals surface area contributed by atoms with Crippen molar-refractivity contribution in [2.24, 2.45) is 5.73 Å². The van der Waals surface area contributed by atoms with Gasteiger partial charge in [-0.05, 0) is 163 Å². The summed E-state index contributed by atoms with van der Waals surface area (Å²) >= 11 is 19.9. The fourth-order valence-electron chi connectivity index (χ4n) is 11.3. The zero-order valence-corrected chi connectivity index (χ0v) is 80.2. The molecule has 2 aromatic carbocycles. The molecule has 0 bridgehead atoms. The highest BCUT2D eigenvalue weighted by atomic mass is 79.9. The number of anilines is 6. The van der Waals surface area contributed by atoms with Crippen LogP contribution in [-0.2, 0) is 50.1 Å². The highest BCUT2D eigenvalue weighted by Crippen LogP contribution is 2.42. The summed E-state index contributed by atoms with van der Waals surface area (Å²) in [5, 5.41) is 56.7. The van der Waals surface area contributed by atoms with E-state index in [-0.39, 0.29) is 56.1 Å². The lowest BCUT2D eigenvalue weighted by molar-refractivity contribution is -0.150. The molecule has 0 radical (unpaired) electrons. The van der Waals surface area contributed by atoms with Gasteiger partial charge >= 0.3 is 18.0 Å². The molecule has 0 unspecified atom stereocenters. The Hall–Kier alpha value is -11.1. The molecule has 0 saturated heterocycles. The minimum atomic E-state index is -0.679. The van der Waals surface area contributed by atoms with Crippen molar-refractivity contribution < 1.29 is 58.2 Å². The number of carbonyl (C=O) groups is 4. The van der Waals surface area contributed by atoms with Crippen LogP contribution in [-0.4, -0.2) is 172 Å². The number of amides is 1. The van der Waals surface area contributed by atoms with E-state index in [1.807, 2.05) is 128 Å². The Bertz CT molecular complexity index is 6370. The summed E-state index contributed by atoms with van der Waals surface area (Å²) in [4.78, 5) is 87.9. The van der Waals surface area contributed by atoms with Gasteiger partial charge in [0.1, 0.15) is 65.3 Å². The van der Waals surface area contributed by atoms with Gasteiger partial charge in [-0.2, -0.15) is 30.5 Å². The largest absolute Gasteiger partial charge is 0.471 e. The topological polar surface area (TPSA) is 435 Å². The van der Waals surface area contributed by atoms with Crippen LogP contribution in [0.3, 0.4) is 0 Å². The summed E-state index contributed by atoms with van der Waals surface area (Å²) in [5.74, 6) is -0.305. The number of carbonyl (C=O) groups excluding carboxylic acids is 4. The van der Waals surface area contributed by atoms with Crippen molar-refractivity contribution in [1.29, 1.82) is 10.5 Å². The predicted molar refractivity (Wildman–Crippen MR) is 525 cm³/mol. The van der Waals surface area contributed by atoms with E-state index in [4.69, 9.17) is 56.2 Å². The lowest BCUT2D eigenvalue weighted by atomic mass is 10.1. The number of imidazole rings is 2. The smallest absolute Gasteiger partial charge is 0.407 e. The normalized spacial score (nSPS) is 11.4. The third-order valence-electron chi connectivity index (χ3n) is 17.5. The molecule has 30 nitrogen and oxygen atoms in total. The standard InChI is InChI=1S/C31H32N8O5S2.C17H20N2O3S2.C13H14N6O.C10H11NO2S2.C9H11NOS2.C6H3BrS2/c1-31(2,3)44-28(40)20(14-32)11-21-12-22-23(45-21)13-24(46-22)39(4)9-10-42-30(41)34-15-18-5-7-19(8-6-18)16-43-27-25-26(36-17-35-25)37-29(33)38-27;1-17(2,3)22-16(21)11(10-18)7-12-8-13-14(23-12)9-15(24-13)19(4)5-6-20;14-5-8-1-3-9(4-2-8)6-20-12-10-11(17-7-16-10)18-13(15)19-12;1-11(2-3-12)10-5-9-8(15-10)4-7(6-13)14-9;1-10(3-4-11)9-6-8-7(13-9)2-5-12-8;7-6-3-5-4(9-6)1-2-8-5/h5-8,11-13,17H,9-10,15-16H2,1-4H3,(H,34,41)(H3,33,35,36,37,38);7-9,20H,5-6H2,1-4H3;1-4,7H,5-6,14H2,(H3,15,16,17,18,19);4-6,12H,2-3H2,1H3;2,5-6,11H,3-4H2,1H3;1-3H/b20-11+;11-7+;;;;. The van der Waals surface area contributed by atoms with E-state index in [0.29, 0.717) is 80.0 Å². The summed E-state index contributed by atoms with van der Waals surface area (Å²) < 4.78 is 40.6. The third kappa shape index (κ3) is 28.0. The minimum absolute atomic E-state index is 0.00329. The van der Waals surface area contributed by atoms with Crippen molar-refractivity contribution in [3.8, 4) is 23.9 Å². The first-order valence-electron chi connectivity index (χ1n) is 38.9. The maximum atomic E-state index is 12.3. The van der Waals surface area contributed by atoms with Crippen LogP contribution in [0.15, 0.2) is 148 Å². The Kier molecular flexibility index (Phi) is 34.6. The maximum Gasteiger partial charge on any atom is 0.407 e. The van der Waals surface area contributed by atoms with E-state index in [0.717, 1.165) is 86.4 Å². The Morgan fingerprint density at radius 1 is 0.504 bits per heavy atom. The summed E-state index contributed by atoms with van der Waals surface area (Å²) in [7, 11) is 7.82. The average molecular weight is 1970 g/mol. The molecule has 0 aliphatic rings.